The lowest BCUT2D eigenvalue weighted by molar-refractivity contribution is -0.496. The van der Waals surface area contributed by atoms with E-state index in [2.05, 4.69) is 9.78 Å². The van der Waals surface area contributed by atoms with Gasteiger partial charge in [0.2, 0.25) is 0 Å². The molecule has 13 heteroatoms. The van der Waals surface area contributed by atoms with Gasteiger partial charge in [0.05, 0.1) is 5.56 Å². The van der Waals surface area contributed by atoms with Crippen molar-refractivity contribution in [3.8, 4) is 5.75 Å². The third kappa shape index (κ3) is 3.49. The van der Waals surface area contributed by atoms with E-state index in [1.165, 1.54) is 0 Å². The number of aromatic carboxylic acids is 1. The van der Waals surface area contributed by atoms with E-state index in [-0.39, 0.29) is 5.56 Å². The summed E-state index contributed by atoms with van der Waals surface area (Å²) in [6.07, 6.45) is -13.3. The second-order valence-electron chi connectivity index (χ2n) is 4.16. The number of carboxylic acids is 1. The van der Waals surface area contributed by atoms with Gasteiger partial charge in [-0.2, -0.15) is 39.5 Å². The van der Waals surface area contributed by atoms with Crippen LogP contribution in [0.2, 0.25) is 0 Å². The molecule has 0 bridgehead atoms. The third-order valence-electron chi connectivity index (χ3n) is 2.46. The zero-order valence-corrected chi connectivity index (χ0v) is 10.9. The van der Waals surface area contributed by atoms with Gasteiger partial charge in [0.1, 0.15) is 0 Å². The van der Waals surface area contributed by atoms with Crippen molar-refractivity contribution in [3.05, 3.63) is 29.8 Å². The average molecular weight is 372 g/mol. The van der Waals surface area contributed by atoms with Crippen LogP contribution in [0.5, 0.6) is 5.75 Å². The first-order valence-electron chi connectivity index (χ1n) is 5.52. The molecule has 0 saturated heterocycles. The molecule has 0 fully saturated rings. The van der Waals surface area contributed by atoms with Crippen LogP contribution < -0.4 is 4.89 Å². The zero-order chi connectivity index (χ0) is 19.0. The van der Waals surface area contributed by atoms with E-state index in [1.807, 2.05) is 0 Å². The average Bonchev–Trinajstić information content (AvgIpc) is 2.44. The van der Waals surface area contributed by atoms with E-state index in [9.17, 15) is 44.3 Å². The number of rotatable bonds is 6. The van der Waals surface area contributed by atoms with Crippen molar-refractivity contribution < 1.29 is 59.2 Å². The monoisotopic (exact) mass is 372 g/mol. The van der Waals surface area contributed by atoms with E-state index in [0.717, 1.165) is 12.1 Å². The molecule has 1 N–H and O–H groups in total. The summed E-state index contributed by atoms with van der Waals surface area (Å²) in [5, 5.41) is 8.53. The van der Waals surface area contributed by atoms with Crippen LogP contribution in [-0.2, 0) is 4.89 Å². The van der Waals surface area contributed by atoms with Gasteiger partial charge in [-0.05, 0) is 24.3 Å². The summed E-state index contributed by atoms with van der Waals surface area (Å²) in [5.41, 5.74) is -0.386. The van der Waals surface area contributed by atoms with Crippen molar-refractivity contribution in [2.75, 3.05) is 0 Å². The van der Waals surface area contributed by atoms with Crippen LogP contribution in [-0.4, -0.2) is 35.2 Å². The summed E-state index contributed by atoms with van der Waals surface area (Å²) in [6.45, 7) is 0. The fourth-order valence-corrected chi connectivity index (χ4v) is 1.17. The van der Waals surface area contributed by atoms with Gasteiger partial charge in [0.25, 0.3) is 0 Å². The Kier molecular flexibility index (Phi) is 4.99. The molecule has 0 saturated carbocycles. The molecular weight excluding hydrogens is 367 g/mol. The molecule has 0 spiro atoms. The highest BCUT2D eigenvalue weighted by atomic mass is 19.4. The van der Waals surface area contributed by atoms with Crippen LogP contribution in [0, 0.1) is 0 Å². The minimum absolute atomic E-state index is 0.386. The highest BCUT2D eigenvalue weighted by Gasteiger charge is 2.83. The van der Waals surface area contributed by atoms with Gasteiger partial charge in [-0.1, -0.05) is 0 Å². The second-order valence-corrected chi connectivity index (χ2v) is 4.16. The molecule has 4 nitrogen and oxygen atoms in total. The van der Waals surface area contributed by atoms with Crippen LogP contribution in [0.4, 0.5) is 39.5 Å². The first kappa shape index (κ1) is 19.9. The van der Waals surface area contributed by atoms with Crippen molar-refractivity contribution in [1.82, 2.24) is 0 Å². The molecule has 0 atom stereocenters. The minimum atomic E-state index is -7.11. The third-order valence-corrected chi connectivity index (χ3v) is 2.46. The van der Waals surface area contributed by atoms with Gasteiger partial charge < -0.3 is 9.99 Å². The minimum Gasteiger partial charge on any atom is -0.478 e. The van der Waals surface area contributed by atoms with E-state index >= 15 is 0 Å². The summed E-state index contributed by atoms with van der Waals surface area (Å²) >= 11 is 0. The van der Waals surface area contributed by atoms with Crippen LogP contribution >= 0.6 is 0 Å². The van der Waals surface area contributed by atoms with Crippen LogP contribution in [0.3, 0.4) is 0 Å². The first-order valence-corrected chi connectivity index (χ1v) is 5.52. The van der Waals surface area contributed by atoms with Crippen LogP contribution in [0.25, 0.3) is 0 Å². The molecule has 136 valence electrons. The van der Waals surface area contributed by atoms with Crippen LogP contribution in [0.15, 0.2) is 24.3 Å². The van der Waals surface area contributed by atoms with Gasteiger partial charge in [-0.3, -0.25) is 0 Å². The number of hydrogen-bond donors (Lipinski definition) is 1. The Morgan fingerprint density at radius 3 is 1.67 bits per heavy atom. The van der Waals surface area contributed by atoms with Gasteiger partial charge in [0.15, 0.2) is 5.75 Å². The maximum absolute atomic E-state index is 12.9. The first-order chi connectivity index (χ1) is 10.6. The molecule has 0 unspecified atom stereocenters. The number of halogens is 9. The molecule has 0 radical (unpaired) electrons. The van der Waals surface area contributed by atoms with E-state index in [0.29, 0.717) is 12.1 Å². The fraction of sp³-hybridized carbons (Fsp3) is 0.364. The van der Waals surface area contributed by atoms with Crippen molar-refractivity contribution in [2.45, 2.75) is 24.1 Å². The molecule has 0 aromatic heterocycles. The van der Waals surface area contributed by atoms with Crippen molar-refractivity contribution >= 4 is 5.97 Å². The Hall–Kier alpha value is -2.18. The topological polar surface area (TPSA) is 55.8 Å². The lowest BCUT2D eigenvalue weighted by atomic mass is 10.1. The van der Waals surface area contributed by atoms with Crippen molar-refractivity contribution in [2.24, 2.45) is 0 Å². The summed E-state index contributed by atoms with van der Waals surface area (Å²) < 4.78 is 112. The smallest absolute Gasteiger partial charge is 0.461 e. The largest absolute Gasteiger partial charge is 0.478 e. The number of carboxylic acid groups (broad SMARTS) is 1. The maximum Gasteiger partial charge on any atom is 0.461 e. The lowest BCUT2D eigenvalue weighted by Crippen LogP contribution is -2.61. The van der Waals surface area contributed by atoms with Gasteiger partial charge in [0, 0.05) is 0 Å². The molecular formula is C11H5F9O4. The molecule has 24 heavy (non-hydrogen) atoms. The number of benzene rings is 1. The quantitative estimate of drug-likeness (QED) is 0.464. The molecule has 0 amide bonds. The summed E-state index contributed by atoms with van der Waals surface area (Å²) in [4.78, 5) is 16.8. The van der Waals surface area contributed by atoms with Gasteiger partial charge in [-0.25, -0.2) is 4.79 Å². The molecule has 0 aliphatic carbocycles. The Bertz CT molecular complexity index is 595. The fourth-order valence-electron chi connectivity index (χ4n) is 1.17. The Balaban J connectivity index is 2.94. The van der Waals surface area contributed by atoms with Crippen molar-refractivity contribution in [1.29, 1.82) is 0 Å². The SMILES string of the molecule is O=C(O)c1ccc(OOC(F)(F)C(F)(F)C(F)(F)C(F)(F)F)cc1. The normalized spacial score (nSPS) is 13.7. The summed E-state index contributed by atoms with van der Waals surface area (Å²) in [5.74, 6) is -16.4. The Morgan fingerprint density at radius 1 is 0.833 bits per heavy atom. The molecule has 1 aromatic rings. The number of alkyl halides is 9. The maximum atomic E-state index is 12.9. The van der Waals surface area contributed by atoms with E-state index in [1.54, 1.807) is 0 Å². The van der Waals surface area contributed by atoms with Gasteiger partial charge >= 0.3 is 30.1 Å². The molecule has 0 aliphatic rings. The molecule has 0 aliphatic heterocycles. The van der Waals surface area contributed by atoms with Crippen molar-refractivity contribution in [3.63, 3.8) is 0 Å². The Morgan fingerprint density at radius 2 is 1.29 bits per heavy atom. The standard InChI is InChI=1S/C11H5F9O4/c12-8(13,10(16,17)18)9(14,15)11(19,20)24-23-6-3-1-5(2-4-6)7(21)22/h1-4H,(H,21,22). The van der Waals surface area contributed by atoms with Crippen LogP contribution in [0.1, 0.15) is 10.4 Å². The number of carbonyl (C=O) groups is 1. The predicted octanol–water partition coefficient (Wildman–Crippen LogP) is 4.12. The molecule has 1 aromatic carbocycles. The predicted molar refractivity (Wildman–Crippen MR) is 56.0 cm³/mol. The zero-order valence-electron chi connectivity index (χ0n) is 10.9. The summed E-state index contributed by atoms with van der Waals surface area (Å²) in [7, 11) is 0. The molecule has 0 heterocycles. The highest BCUT2D eigenvalue weighted by Crippen LogP contribution is 2.53. The second kappa shape index (κ2) is 6.03. The number of hydrogen-bond acceptors (Lipinski definition) is 3. The highest BCUT2D eigenvalue weighted by molar-refractivity contribution is 5.87. The molecule has 1 rings (SSSR count). The van der Waals surface area contributed by atoms with E-state index in [4.69, 9.17) is 5.11 Å². The van der Waals surface area contributed by atoms with Gasteiger partial charge in [-0.15, -0.1) is 4.89 Å². The lowest BCUT2D eigenvalue weighted by Gasteiger charge is -2.31. The summed E-state index contributed by atoms with van der Waals surface area (Å²) in [6, 6.07) is 2.70. The van der Waals surface area contributed by atoms with E-state index < -0.39 is 35.8 Å². The Labute approximate surface area is 126 Å².